The van der Waals surface area contributed by atoms with Gasteiger partial charge in [0, 0.05) is 12.4 Å². The van der Waals surface area contributed by atoms with Crippen LogP contribution in [-0.4, -0.2) is 26.5 Å². The highest BCUT2D eigenvalue weighted by Crippen LogP contribution is 2.15. The van der Waals surface area contributed by atoms with Gasteiger partial charge in [0.15, 0.2) is 6.10 Å². The van der Waals surface area contributed by atoms with Gasteiger partial charge >= 0.3 is 0 Å². The van der Waals surface area contributed by atoms with Gasteiger partial charge in [0.1, 0.15) is 11.4 Å². The average molecular weight is 339 g/mol. The quantitative estimate of drug-likeness (QED) is 0.722. The number of nitrogens with one attached hydrogen (secondary N) is 1. The fourth-order valence-corrected chi connectivity index (χ4v) is 2.59. The first-order valence-electron chi connectivity index (χ1n) is 8.14. The van der Waals surface area contributed by atoms with Crippen molar-refractivity contribution in [1.29, 1.82) is 0 Å². The molecule has 3 aromatic rings. The molecule has 0 saturated heterocycles. The molecule has 1 aromatic carbocycles. The summed E-state index contributed by atoms with van der Waals surface area (Å²) in [7, 11) is 0. The predicted octanol–water partition coefficient (Wildman–Crippen LogP) is 2.22. The van der Waals surface area contributed by atoms with Crippen LogP contribution in [0.3, 0.4) is 0 Å². The molecule has 0 saturated carbocycles. The molecule has 25 heavy (non-hydrogen) atoms. The topological polar surface area (TPSA) is 75.9 Å². The number of hydrogen-bond acceptors (Lipinski definition) is 4. The first kappa shape index (κ1) is 17.0. The Morgan fingerprint density at radius 3 is 2.96 bits per heavy atom. The second-order valence-corrected chi connectivity index (χ2v) is 5.94. The SMILES string of the molecule is Cc1cccn2cc(CNC(=O)C(C)Oc3cccc(CO)c3)nc12. The lowest BCUT2D eigenvalue weighted by atomic mass is 10.2. The molecule has 0 aliphatic carbocycles. The van der Waals surface area contributed by atoms with Gasteiger partial charge in [-0.2, -0.15) is 0 Å². The number of aliphatic hydroxyl groups excluding tert-OH is 1. The van der Waals surface area contributed by atoms with Crippen LogP contribution in [0.2, 0.25) is 0 Å². The molecule has 0 aliphatic rings. The number of carbonyl (C=O) groups is 1. The maximum atomic E-state index is 12.2. The molecular weight excluding hydrogens is 318 g/mol. The van der Waals surface area contributed by atoms with Crippen molar-refractivity contribution in [3.8, 4) is 5.75 Å². The molecule has 2 aromatic heterocycles. The summed E-state index contributed by atoms with van der Waals surface area (Å²) in [6, 6.07) is 11.0. The lowest BCUT2D eigenvalue weighted by Crippen LogP contribution is -2.36. The summed E-state index contributed by atoms with van der Waals surface area (Å²) in [5.74, 6) is 0.334. The molecular formula is C19H21N3O3. The third kappa shape index (κ3) is 3.97. The molecule has 3 rings (SSSR count). The summed E-state index contributed by atoms with van der Waals surface area (Å²) in [5, 5.41) is 12.0. The third-order valence-corrected chi connectivity index (χ3v) is 3.93. The second-order valence-electron chi connectivity index (χ2n) is 5.94. The number of benzene rings is 1. The second kappa shape index (κ2) is 7.36. The fourth-order valence-electron chi connectivity index (χ4n) is 2.59. The minimum absolute atomic E-state index is 0.0644. The number of fused-ring (bicyclic) bond motifs is 1. The number of aliphatic hydroxyl groups is 1. The van der Waals surface area contributed by atoms with Crippen molar-refractivity contribution in [3.63, 3.8) is 0 Å². The highest BCUT2D eigenvalue weighted by molar-refractivity contribution is 5.80. The number of amides is 1. The Labute approximate surface area is 146 Å². The summed E-state index contributed by atoms with van der Waals surface area (Å²) in [5.41, 5.74) is 3.50. The van der Waals surface area contributed by atoms with E-state index >= 15 is 0 Å². The Kier molecular flexibility index (Phi) is 5.00. The van der Waals surface area contributed by atoms with E-state index in [1.54, 1.807) is 31.2 Å². The molecule has 0 aliphatic heterocycles. The minimum atomic E-state index is -0.646. The first-order valence-corrected chi connectivity index (χ1v) is 8.14. The van der Waals surface area contributed by atoms with Crippen LogP contribution in [0.4, 0.5) is 0 Å². The van der Waals surface area contributed by atoms with Gasteiger partial charge in [0.2, 0.25) is 0 Å². The van der Waals surface area contributed by atoms with E-state index in [0.717, 1.165) is 22.5 Å². The van der Waals surface area contributed by atoms with E-state index in [1.807, 2.05) is 35.9 Å². The number of ether oxygens (including phenoxy) is 1. The van der Waals surface area contributed by atoms with Crippen LogP contribution in [0.25, 0.3) is 5.65 Å². The van der Waals surface area contributed by atoms with Gasteiger partial charge in [0.05, 0.1) is 18.8 Å². The zero-order valence-electron chi connectivity index (χ0n) is 14.3. The summed E-state index contributed by atoms with van der Waals surface area (Å²) in [6.07, 6.45) is 3.19. The van der Waals surface area contributed by atoms with E-state index in [9.17, 15) is 4.79 Å². The Hall–Kier alpha value is -2.86. The number of aryl methyl sites for hydroxylation is 1. The van der Waals surface area contributed by atoms with Crippen molar-refractivity contribution in [2.24, 2.45) is 0 Å². The van der Waals surface area contributed by atoms with Crippen molar-refractivity contribution >= 4 is 11.6 Å². The minimum Gasteiger partial charge on any atom is -0.481 e. The number of rotatable bonds is 6. The first-order chi connectivity index (χ1) is 12.1. The number of hydrogen-bond donors (Lipinski definition) is 2. The number of pyridine rings is 1. The Morgan fingerprint density at radius 1 is 1.36 bits per heavy atom. The van der Waals surface area contributed by atoms with Crippen LogP contribution in [-0.2, 0) is 17.9 Å². The van der Waals surface area contributed by atoms with Gasteiger partial charge in [-0.3, -0.25) is 4.79 Å². The van der Waals surface area contributed by atoms with Gasteiger partial charge in [-0.25, -0.2) is 4.98 Å². The lowest BCUT2D eigenvalue weighted by Gasteiger charge is -2.14. The number of nitrogens with zero attached hydrogens (tertiary/aromatic N) is 2. The zero-order valence-corrected chi connectivity index (χ0v) is 14.3. The molecule has 0 bridgehead atoms. The van der Waals surface area contributed by atoms with E-state index in [4.69, 9.17) is 9.84 Å². The van der Waals surface area contributed by atoms with Gasteiger partial charge < -0.3 is 19.6 Å². The fraction of sp³-hybridized carbons (Fsp3) is 0.263. The van der Waals surface area contributed by atoms with Crippen molar-refractivity contribution in [3.05, 3.63) is 65.6 Å². The van der Waals surface area contributed by atoms with Crippen molar-refractivity contribution < 1.29 is 14.6 Å². The lowest BCUT2D eigenvalue weighted by molar-refractivity contribution is -0.127. The van der Waals surface area contributed by atoms with Gasteiger partial charge in [0.25, 0.3) is 5.91 Å². The molecule has 1 atom stereocenters. The number of carbonyl (C=O) groups excluding carboxylic acids is 1. The van der Waals surface area contributed by atoms with Crippen LogP contribution in [0.1, 0.15) is 23.7 Å². The summed E-state index contributed by atoms with van der Waals surface area (Å²) < 4.78 is 7.58. The monoisotopic (exact) mass is 339 g/mol. The standard InChI is InChI=1S/C19H21N3O3/c1-13-5-4-8-22-11-16(21-18(13)22)10-20-19(24)14(2)25-17-7-3-6-15(9-17)12-23/h3-9,11,14,23H,10,12H2,1-2H3,(H,20,24). The van der Waals surface area contributed by atoms with Gasteiger partial charge in [-0.15, -0.1) is 0 Å². The van der Waals surface area contributed by atoms with E-state index < -0.39 is 6.10 Å². The molecule has 0 radical (unpaired) electrons. The highest BCUT2D eigenvalue weighted by Gasteiger charge is 2.15. The Bertz CT molecular complexity index is 889. The highest BCUT2D eigenvalue weighted by atomic mass is 16.5. The van der Waals surface area contributed by atoms with Crippen LogP contribution in [0.5, 0.6) is 5.75 Å². The number of aromatic nitrogens is 2. The average Bonchev–Trinajstić information content (AvgIpc) is 3.04. The summed E-state index contributed by atoms with van der Waals surface area (Å²) >= 11 is 0. The van der Waals surface area contributed by atoms with E-state index in [-0.39, 0.29) is 12.5 Å². The third-order valence-electron chi connectivity index (χ3n) is 3.93. The summed E-state index contributed by atoms with van der Waals surface area (Å²) in [4.78, 5) is 16.8. The van der Waals surface area contributed by atoms with E-state index in [0.29, 0.717) is 12.3 Å². The normalized spacial score (nSPS) is 12.1. The maximum Gasteiger partial charge on any atom is 0.261 e. The van der Waals surface area contributed by atoms with Gasteiger partial charge in [-0.05, 0) is 43.2 Å². The maximum absolute atomic E-state index is 12.2. The predicted molar refractivity (Wildman–Crippen MR) is 94.2 cm³/mol. The molecule has 6 nitrogen and oxygen atoms in total. The molecule has 0 spiro atoms. The van der Waals surface area contributed by atoms with Crippen LogP contribution >= 0.6 is 0 Å². The molecule has 1 amide bonds. The Morgan fingerprint density at radius 2 is 2.20 bits per heavy atom. The molecule has 130 valence electrons. The van der Waals surface area contributed by atoms with Crippen molar-refractivity contribution in [1.82, 2.24) is 14.7 Å². The number of imidazole rings is 1. The molecule has 2 N–H and O–H groups in total. The summed E-state index contributed by atoms with van der Waals surface area (Å²) in [6.45, 7) is 3.96. The smallest absolute Gasteiger partial charge is 0.261 e. The van der Waals surface area contributed by atoms with E-state index in [2.05, 4.69) is 10.3 Å². The zero-order chi connectivity index (χ0) is 17.8. The molecule has 2 heterocycles. The van der Waals surface area contributed by atoms with Crippen molar-refractivity contribution in [2.75, 3.05) is 0 Å². The van der Waals surface area contributed by atoms with Crippen LogP contribution in [0.15, 0.2) is 48.8 Å². The van der Waals surface area contributed by atoms with Crippen LogP contribution in [0, 0.1) is 6.92 Å². The molecule has 6 heteroatoms. The van der Waals surface area contributed by atoms with E-state index in [1.165, 1.54) is 0 Å². The Balaban J connectivity index is 1.60. The largest absolute Gasteiger partial charge is 0.481 e. The van der Waals surface area contributed by atoms with Crippen molar-refractivity contribution in [2.45, 2.75) is 33.1 Å². The van der Waals surface area contributed by atoms with Crippen LogP contribution < -0.4 is 10.1 Å². The molecule has 1 unspecified atom stereocenters. The van der Waals surface area contributed by atoms with Gasteiger partial charge in [-0.1, -0.05) is 18.2 Å². The molecule has 0 fully saturated rings.